The first kappa shape index (κ1) is 17.8. The van der Waals surface area contributed by atoms with Crippen LogP contribution in [0.1, 0.15) is 37.2 Å². The third-order valence-electron chi connectivity index (χ3n) is 3.13. The Morgan fingerprint density at radius 1 is 1.06 bits per heavy atom. The van der Waals surface area contributed by atoms with Crippen LogP contribution in [0.3, 0.4) is 0 Å². The van der Waals surface area contributed by atoms with Gasteiger partial charge in [-0.1, -0.05) is 36.8 Å². The smallest absolute Gasteiger partial charge is 0.0223 e. The van der Waals surface area contributed by atoms with Crippen LogP contribution < -0.4 is 0 Å². The zero-order chi connectivity index (χ0) is 12.5. The molecule has 0 N–H and O–H groups in total. The number of rotatable bonds is 8. The first-order chi connectivity index (χ1) is 8.24. The summed E-state index contributed by atoms with van der Waals surface area (Å²) in [5, 5.41) is 0. The second-order valence-electron chi connectivity index (χ2n) is 4.88. The van der Waals surface area contributed by atoms with Crippen LogP contribution >= 0.6 is 24.0 Å². The third-order valence-corrected chi connectivity index (χ3v) is 3.40. The lowest BCUT2D eigenvalue weighted by Gasteiger charge is -2.19. The number of hydrogen-bond donors (Lipinski definition) is 0. The molecule has 0 amide bonds. The van der Waals surface area contributed by atoms with Gasteiger partial charge in [-0.05, 0) is 51.4 Å². The Labute approximate surface area is 123 Å². The van der Waals surface area contributed by atoms with Crippen molar-refractivity contribution in [3.8, 4) is 0 Å². The number of halogens is 2. The molecule has 1 rings (SSSR count). The highest BCUT2D eigenvalue weighted by Crippen LogP contribution is 2.25. The molecule has 3 heteroatoms. The molecular formula is C15H25Cl2N. The number of benzene rings is 1. The Bertz CT molecular complexity index is 288. The molecule has 1 unspecified atom stereocenters. The van der Waals surface area contributed by atoms with Gasteiger partial charge in [-0.25, -0.2) is 0 Å². The monoisotopic (exact) mass is 289 g/mol. The van der Waals surface area contributed by atoms with Crippen molar-refractivity contribution in [2.75, 3.05) is 26.5 Å². The molecular weight excluding hydrogens is 265 g/mol. The highest BCUT2D eigenvalue weighted by atomic mass is 35.5. The Kier molecular flexibility index (Phi) is 10.5. The first-order valence-corrected chi connectivity index (χ1v) is 7.03. The maximum atomic E-state index is 5.75. The molecule has 0 saturated heterocycles. The summed E-state index contributed by atoms with van der Waals surface area (Å²) in [6, 6.07) is 10.9. The van der Waals surface area contributed by atoms with Crippen LogP contribution in [0.25, 0.3) is 0 Å². The SMILES string of the molecule is CN(C)CCC(CCCCCl)c1ccccc1.Cl. The maximum Gasteiger partial charge on any atom is 0.0223 e. The third kappa shape index (κ3) is 7.25. The van der Waals surface area contributed by atoms with Crippen LogP contribution in [0.4, 0.5) is 0 Å². The normalized spacial score (nSPS) is 12.2. The van der Waals surface area contributed by atoms with Crippen molar-refractivity contribution in [1.29, 1.82) is 0 Å². The highest BCUT2D eigenvalue weighted by molar-refractivity contribution is 6.17. The number of hydrogen-bond acceptors (Lipinski definition) is 1. The lowest BCUT2D eigenvalue weighted by atomic mass is 9.90. The summed E-state index contributed by atoms with van der Waals surface area (Å²) < 4.78 is 0. The van der Waals surface area contributed by atoms with Gasteiger partial charge >= 0.3 is 0 Å². The van der Waals surface area contributed by atoms with Gasteiger partial charge in [0.15, 0.2) is 0 Å². The van der Waals surface area contributed by atoms with E-state index in [0.717, 1.165) is 18.8 Å². The number of alkyl halides is 1. The van der Waals surface area contributed by atoms with E-state index >= 15 is 0 Å². The first-order valence-electron chi connectivity index (χ1n) is 6.49. The second kappa shape index (κ2) is 10.7. The van der Waals surface area contributed by atoms with Crippen molar-refractivity contribution >= 4 is 24.0 Å². The van der Waals surface area contributed by atoms with Gasteiger partial charge in [0, 0.05) is 5.88 Å². The van der Waals surface area contributed by atoms with Crippen LogP contribution in [0.2, 0.25) is 0 Å². The molecule has 0 aromatic heterocycles. The Hall–Kier alpha value is -0.240. The van der Waals surface area contributed by atoms with Crippen molar-refractivity contribution in [2.24, 2.45) is 0 Å². The predicted molar refractivity (Wildman–Crippen MR) is 84.2 cm³/mol. The molecule has 0 spiro atoms. The molecule has 0 aliphatic heterocycles. The minimum atomic E-state index is 0. The van der Waals surface area contributed by atoms with Gasteiger partial charge in [0.1, 0.15) is 0 Å². The average Bonchev–Trinajstić information content (AvgIpc) is 2.34. The summed E-state index contributed by atoms with van der Waals surface area (Å²) in [6.07, 6.45) is 4.85. The Morgan fingerprint density at radius 3 is 2.28 bits per heavy atom. The van der Waals surface area contributed by atoms with E-state index in [1.165, 1.54) is 24.8 Å². The fourth-order valence-corrected chi connectivity index (χ4v) is 2.29. The Balaban J connectivity index is 0.00000289. The standard InChI is InChI=1S/C15H24ClN.ClH/c1-17(2)13-11-15(10-6-7-12-16)14-8-4-3-5-9-14;/h3-5,8-9,15H,6-7,10-13H2,1-2H3;1H. The van der Waals surface area contributed by atoms with Gasteiger partial charge in [-0.15, -0.1) is 24.0 Å². The summed E-state index contributed by atoms with van der Waals surface area (Å²) in [6.45, 7) is 1.15. The van der Waals surface area contributed by atoms with Gasteiger partial charge in [-0.3, -0.25) is 0 Å². The molecule has 1 aromatic carbocycles. The zero-order valence-electron chi connectivity index (χ0n) is 11.4. The topological polar surface area (TPSA) is 3.24 Å². The summed E-state index contributed by atoms with van der Waals surface area (Å²) in [5.74, 6) is 1.47. The molecule has 1 aromatic rings. The second-order valence-corrected chi connectivity index (χ2v) is 5.26. The molecule has 1 atom stereocenters. The lowest BCUT2D eigenvalue weighted by molar-refractivity contribution is 0.372. The minimum absolute atomic E-state index is 0. The lowest BCUT2D eigenvalue weighted by Crippen LogP contribution is -2.16. The maximum absolute atomic E-state index is 5.75. The van der Waals surface area contributed by atoms with E-state index in [0.29, 0.717) is 5.92 Å². The van der Waals surface area contributed by atoms with Gasteiger partial charge in [-0.2, -0.15) is 0 Å². The van der Waals surface area contributed by atoms with E-state index in [-0.39, 0.29) is 12.4 Å². The molecule has 1 nitrogen and oxygen atoms in total. The largest absolute Gasteiger partial charge is 0.309 e. The highest BCUT2D eigenvalue weighted by Gasteiger charge is 2.11. The number of nitrogens with zero attached hydrogens (tertiary/aromatic N) is 1. The van der Waals surface area contributed by atoms with Crippen LogP contribution in [0.5, 0.6) is 0 Å². The van der Waals surface area contributed by atoms with Crippen molar-refractivity contribution in [3.63, 3.8) is 0 Å². The van der Waals surface area contributed by atoms with Crippen molar-refractivity contribution in [1.82, 2.24) is 4.90 Å². The minimum Gasteiger partial charge on any atom is -0.309 e. The van der Waals surface area contributed by atoms with Gasteiger partial charge in [0.2, 0.25) is 0 Å². The molecule has 0 saturated carbocycles. The van der Waals surface area contributed by atoms with Crippen LogP contribution in [-0.4, -0.2) is 31.4 Å². The van der Waals surface area contributed by atoms with E-state index in [4.69, 9.17) is 11.6 Å². The fraction of sp³-hybridized carbons (Fsp3) is 0.600. The summed E-state index contributed by atoms with van der Waals surface area (Å²) in [4.78, 5) is 2.26. The number of unbranched alkanes of at least 4 members (excludes halogenated alkanes) is 1. The van der Waals surface area contributed by atoms with Crippen LogP contribution in [0, 0.1) is 0 Å². The molecule has 0 aliphatic carbocycles. The van der Waals surface area contributed by atoms with E-state index in [1.54, 1.807) is 0 Å². The molecule has 0 heterocycles. The molecule has 0 radical (unpaired) electrons. The summed E-state index contributed by atoms with van der Waals surface area (Å²) in [5.41, 5.74) is 1.48. The summed E-state index contributed by atoms with van der Waals surface area (Å²) >= 11 is 5.75. The molecule has 0 bridgehead atoms. The molecule has 104 valence electrons. The zero-order valence-corrected chi connectivity index (χ0v) is 13.0. The van der Waals surface area contributed by atoms with E-state index in [1.807, 2.05) is 0 Å². The van der Waals surface area contributed by atoms with Gasteiger partial charge in [0.25, 0.3) is 0 Å². The molecule has 0 fully saturated rings. The molecule has 0 aliphatic rings. The predicted octanol–water partition coefficient (Wildman–Crippen LogP) is 4.55. The quantitative estimate of drug-likeness (QED) is 0.501. The summed E-state index contributed by atoms with van der Waals surface area (Å²) in [7, 11) is 4.28. The van der Waals surface area contributed by atoms with Crippen molar-refractivity contribution < 1.29 is 0 Å². The van der Waals surface area contributed by atoms with E-state index < -0.39 is 0 Å². The van der Waals surface area contributed by atoms with Crippen LogP contribution in [0.15, 0.2) is 30.3 Å². The fourth-order valence-electron chi connectivity index (χ4n) is 2.10. The Morgan fingerprint density at radius 2 is 1.72 bits per heavy atom. The van der Waals surface area contributed by atoms with E-state index in [9.17, 15) is 0 Å². The van der Waals surface area contributed by atoms with Crippen molar-refractivity contribution in [3.05, 3.63) is 35.9 Å². The molecule has 18 heavy (non-hydrogen) atoms. The van der Waals surface area contributed by atoms with E-state index in [2.05, 4.69) is 49.3 Å². The van der Waals surface area contributed by atoms with Gasteiger partial charge < -0.3 is 4.90 Å². The van der Waals surface area contributed by atoms with Crippen molar-refractivity contribution in [2.45, 2.75) is 31.6 Å². The van der Waals surface area contributed by atoms with Crippen LogP contribution in [-0.2, 0) is 0 Å². The average molecular weight is 290 g/mol. The van der Waals surface area contributed by atoms with Gasteiger partial charge in [0.05, 0.1) is 0 Å².